The number of allylic oxidation sites excluding steroid dienone is 3. The zero-order valence-electron chi connectivity index (χ0n) is 17.9. The predicted octanol–water partition coefficient (Wildman–Crippen LogP) is 2.21. The molecular formula is C23H25FN4O4. The Morgan fingerprint density at radius 3 is 3.03 bits per heavy atom. The topological polar surface area (TPSA) is 87.9 Å². The molecule has 1 fully saturated rings. The molecule has 3 unspecified atom stereocenters. The molecule has 32 heavy (non-hydrogen) atoms. The minimum atomic E-state index is -0.698. The normalized spacial score (nSPS) is 29.1. The maximum atomic E-state index is 15.9. The number of ether oxygens (including phenoxy) is 1. The van der Waals surface area contributed by atoms with Gasteiger partial charge in [-0.25, -0.2) is 4.39 Å². The molecule has 9 heteroatoms. The molecule has 0 spiro atoms. The van der Waals surface area contributed by atoms with Crippen molar-refractivity contribution in [3.8, 4) is 0 Å². The fourth-order valence-electron chi connectivity index (χ4n) is 5.64. The number of aromatic nitrogens is 1. The van der Waals surface area contributed by atoms with Crippen molar-refractivity contribution in [3.05, 3.63) is 46.6 Å². The number of anilines is 1. The van der Waals surface area contributed by atoms with E-state index in [2.05, 4.69) is 22.3 Å². The third kappa shape index (κ3) is 2.80. The van der Waals surface area contributed by atoms with Crippen LogP contribution in [0, 0.1) is 11.8 Å². The molecule has 8 nitrogen and oxygen atoms in total. The minimum Gasteiger partial charge on any atom is -0.450 e. The lowest BCUT2D eigenvalue weighted by molar-refractivity contribution is -0.137. The number of nitrogens with one attached hydrogen (secondary N) is 1. The third-order valence-electron chi connectivity index (χ3n) is 7.19. The third-order valence-corrected chi connectivity index (χ3v) is 7.19. The van der Waals surface area contributed by atoms with Gasteiger partial charge >= 0.3 is 0 Å². The van der Waals surface area contributed by atoms with Gasteiger partial charge in [0.25, 0.3) is 5.78 Å². The molecule has 0 amide bonds. The number of hydrogen-bond acceptors (Lipinski definition) is 8. The van der Waals surface area contributed by atoms with Crippen molar-refractivity contribution in [3.63, 3.8) is 0 Å². The highest BCUT2D eigenvalue weighted by atomic mass is 19.1. The van der Waals surface area contributed by atoms with Gasteiger partial charge < -0.3 is 19.5 Å². The van der Waals surface area contributed by atoms with Gasteiger partial charge in [0.15, 0.2) is 17.3 Å². The van der Waals surface area contributed by atoms with Crippen LogP contribution < -0.4 is 10.2 Å². The molecular weight excluding hydrogens is 415 g/mol. The highest BCUT2D eigenvalue weighted by Crippen LogP contribution is 2.50. The predicted molar refractivity (Wildman–Crippen MR) is 112 cm³/mol. The number of hydrogen-bond donors (Lipinski definition) is 1. The second kappa shape index (κ2) is 7.30. The molecule has 1 aromatic rings. The van der Waals surface area contributed by atoms with Crippen LogP contribution in [-0.4, -0.2) is 53.8 Å². The highest BCUT2D eigenvalue weighted by molar-refractivity contribution is 6.44. The van der Waals surface area contributed by atoms with Crippen LogP contribution in [0.5, 0.6) is 0 Å². The fourth-order valence-corrected chi connectivity index (χ4v) is 5.64. The van der Waals surface area contributed by atoms with Gasteiger partial charge in [0, 0.05) is 31.0 Å². The summed E-state index contributed by atoms with van der Waals surface area (Å²) in [7, 11) is 0. The number of nitrogens with zero attached hydrogens (tertiary/aromatic N) is 3. The van der Waals surface area contributed by atoms with Crippen molar-refractivity contribution in [2.24, 2.45) is 11.8 Å². The average Bonchev–Trinajstić information content (AvgIpc) is 3.46. The standard InChI is InChI=1S/C23H25FN4O4/c1-2-25-9-12-5-6-27(11-12)16-8-13-7-14-10-26-32-23(14)28-15-3-4-17(29)20(30)21(15)31-22(18(16)24)19(13)28/h8,10,12-13,19,25H,2-7,9,11H2,1H3. The van der Waals surface area contributed by atoms with E-state index in [4.69, 9.17) is 9.26 Å². The molecule has 5 aliphatic rings. The van der Waals surface area contributed by atoms with E-state index < -0.39 is 23.4 Å². The minimum absolute atomic E-state index is 0.0546. The quantitative estimate of drug-likeness (QED) is 0.713. The number of likely N-dealkylation sites (tertiary alicyclic amines) is 1. The van der Waals surface area contributed by atoms with Gasteiger partial charge in [0.1, 0.15) is 6.04 Å². The van der Waals surface area contributed by atoms with Crippen LogP contribution in [0.15, 0.2) is 45.5 Å². The Morgan fingerprint density at radius 1 is 1.31 bits per heavy atom. The van der Waals surface area contributed by atoms with E-state index in [1.54, 1.807) is 6.20 Å². The monoisotopic (exact) mass is 440 g/mol. The van der Waals surface area contributed by atoms with Crippen molar-refractivity contribution in [1.82, 2.24) is 15.4 Å². The first-order chi connectivity index (χ1) is 15.6. The molecule has 3 aliphatic heterocycles. The molecule has 0 aromatic carbocycles. The Balaban J connectivity index is 1.42. The van der Waals surface area contributed by atoms with Crippen molar-refractivity contribution in [1.29, 1.82) is 0 Å². The molecule has 0 bridgehead atoms. The van der Waals surface area contributed by atoms with Crippen LogP contribution in [0.2, 0.25) is 0 Å². The molecule has 3 atom stereocenters. The first kappa shape index (κ1) is 19.7. The first-order valence-electron chi connectivity index (χ1n) is 11.4. The molecule has 2 aliphatic carbocycles. The summed E-state index contributed by atoms with van der Waals surface area (Å²) in [6.07, 6.45) is 5.79. The Hall–Kier alpha value is -2.94. The van der Waals surface area contributed by atoms with Gasteiger partial charge in [-0.15, -0.1) is 0 Å². The maximum absolute atomic E-state index is 15.9. The lowest BCUT2D eigenvalue weighted by Gasteiger charge is -2.47. The molecule has 1 N–H and O–H groups in total. The number of rotatable bonds is 4. The van der Waals surface area contributed by atoms with E-state index >= 15 is 4.39 Å². The number of carbonyl (C=O) groups is 2. The smallest absolute Gasteiger partial charge is 0.265 e. The first-order valence-corrected chi connectivity index (χ1v) is 11.4. The van der Waals surface area contributed by atoms with E-state index in [-0.39, 0.29) is 23.9 Å². The highest BCUT2D eigenvalue weighted by Gasteiger charge is 2.52. The average molecular weight is 440 g/mol. The summed E-state index contributed by atoms with van der Waals surface area (Å²) < 4.78 is 27.4. The lowest BCUT2D eigenvalue weighted by atomic mass is 9.80. The van der Waals surface area contributed by atoms with Gasteiger partial charge in [-0.05, 0) is 38.3 Å². The van der Waals surface area contributed by atoms with Crippen LogP contribution in [0.25, 0.3) is 0 Å². The van der Waals surface area contributed by atoms with Gasteiger partial charge in [-0.1, -0.05) is 18.2 Å². The number of halogens is 1. The van der Waals surface area contributed by atoms with E-state index in [1.807, 2.05) is 11.0 Å². The molecule has 1 aromatic heterocycles. The lowest BCUT2D eigenvalue weighted by Crippen LogP contribution is -2.52. The van der Waals surface area contributed by atoms with Gasteiger partial charge in [-0.3, -0.25) is 14.5 Å². The molecule has 0 radical (unpaired) electrons. The number of ketones is 2. The van der Waals surface area contributed by atoms with E-state index in [1.165, 1.54) is 0 Å². The summed E-state index contributed by atoms with van der Waals surface area (Å²) in [5, 5.41) is 7.33. The van der Waals surface area contributed by atoms with Crippen molar-refractivity contribution < 1.29 is 23.2 Å². The van der Waals surface area contributed by atoms with Crippen LogP contribution in [0.1, 0.15) is 31.7 Å². The summed E-state index contributed by atoms with van der Waals surface area (Å²) in [6.45, 7) is 5.44. The van der Waals surface area contributed by atoms with Crippen LogP contribution >= 0.6 is 0 Å². The zero-order valence-corrected chi connectivity index (χ0v) is 17.9. The van der Waals surface area contributed by atoms with Gasteiger partial charge in [0.05, 0.1) is 17.6 Å². The van der Waals surface area contributed by atoms with Crippen molar-refractivity contribution >= 4 is 17.5 Å². The Morgan fingerprint density at radius 2 is 2.19 bits per heavy atom. The van der Waals surface area contributed by atoms with Crippen LogP contribution in [-0.2, 0) is 20.7 Å². The molecule has 6 rings (SSSR count). The summed E-state index contributed by atoms with van der Waals surface area (Å²) in [5.74, 6) is -0.717. The Kier molecular flexibility index (Phi) is 4.50. The van der Waals surface area contributed by atoms with Gasteiger partial charge in [-0.2, -0.15) is 0 Å². The molecule has 1 saturated heterocycles. The number of fused-ring (bicyclic) bond motifs is 3. The number of carbonyl (C=O) groups excluding carboxylic acids is 2. The fraction of sp³-hybridized carbons (Fsp3) is 0.522. The Labute approximate surface area is 184 Å². The number of Topliss-reactive ketones (excluding diaryl/α,β-unsaturated/α-hetero) is 2. The maximum Gasteiger partial charge on any atom is 0.265 e. The Bertz CT molecular complexity index is 1100. The van der Waals surface area contributed by atoms with E-state index in [0.717, 1.165) is 38.2 Å². The second-order valence-corrected chi connectivity index (χ2v) is 9.11. The van der Waals surface area contributed by atoms with E-state index in [0.29, 0.717) is 36.0 Å². The summed E-state index contributed by atoms with van der Waals surface area (Å²) >= 11 is 0. The second-order valence-electron chi connectivity index (χ2n) is 9.11. The van der Waals surface area contributed by atoms with Crippen molar-refractivity contribution in [2.75, 3.05) is 31.1 Å². The molecule has 4 heterocycles. The summed E-state index contributed by atoms with van der Waals surface area (Å²) in [4.78, 5) is 28.7. The van der Waals surface area contributed by atoms with Gasteiger partial charge in [0.2, 0.25) is 11.7 Å². The van der Waals surface area contributed by atoms with Crippen molar-refractivity contribution in [2.45, 2.75) is 38.6 Å². The SMILES string of the molecule is CCNCC1CCN(C2=CC3Cc4cnoc4N4C5=C(OC(=C2F)C34)C(=O)C(=O)CC5)C1. The zero-order chi connectivity index (χ0) is 22.0. The van der Waals surface area contributed by atoms with E-state index in [9.17, 15) is 9.59 Å². The molecule has 168 valence electrons. The van der Waals surface area contributed by atoms with Crippen LogP contribution in [0.3, 0.4) is 0 Å². The summed E-state index contributed by atoms with van der Waals surface area (Å²) in [5.41, 5.74) is 2.02. The molecule has 0 saturated carbocycles. The van der Waals surface area contributed by atoms with Crippen LogP contribution in [0.4, 0.5) is 10.3 Å². The summed E-state index contributed by atoms with van der Waals surface area (Å²) in [6, 6.07) is -0.445. The largest absolute Gasteiger partial charge is 0.450 e.